The standard InChI is InChI=1S/C19H15N3O2S2/c1-2-9-22-18(23)15-8-10-25-17(15)20-19(22)26-12-14-11-16(21-24-14)13-6-4-3-5-7-13/h2-8,10-11H,1,9,12H2. The van der Waals surface area contributed by atoms with E-state index in [1.807, 2.05) is 47.8 Å². The van der Waals surface area contributed by atoms with Crippen LogP contribution in [-0.4, -0.2) is 14.7 Å². The number of thiophene rings is 1. The van der Waals surface area contributed by atoms with Crippen molar-refractivity contribution in [2.24, 2.45) is 0 Å². The normalized spacial score (nSPS) is 11.1. The van der Waals surface area contributed by atoms with Crippen LogP contribution in [0.5, 0.6) is 0 Å². The number of benzene rings is 1. The van der Waals surface area contributed by atoms with E-state index in [1.54, 1.807) is 10.6 Å². The van der Waals surface area contributed by atoms with Crippen LogP contribution >= 0.6 is 23.1 Å². The molecule has 0 unspecified atom stereocenters. The van der Waals surface area contributed by atoms with Crippen molar-refractivity contribution in [3.05, 3.63) is 76.6 Å². The summed E-state index contributed by atoms with van der Waals surface area (Å²) in [6, 6.07) is 13.6. The maximum Gasteiger partial charge on any atom is 0.263 e. The number of allylic oxidation sites excluding steroid dienone is 1. The van der Waals surface area contributed by atoms with Crippen LogP contribution in [0.1, 0.15) is 5.76 Å². The Labute approximate surface area is 158 Å². The van der Waals surface area contributed by atoms with Gasteiger partial charge in [0.25, 0.3) is 5.56 Å². The second-order valence-corrected chi connectivity index (χ2v) is 7.41. The van der Waals surface area contributed by atoms with E-state index in [2.05, 4.69) is 16.7 Å². The topological polar surface area (TPSA) is 60.9 Å². The zero-order valence-corrected chi connectivity index (χ0v) is 15.4. The van der Waals surface area contributed by atoms with E-state index in [-0.39, 0.29) is 5.56 Å². The van der Waals surface area contributed by atoms with Crippen LogP contribution in [0.2, 0.25) is 0 Å². The van der Waals surface area contributed by atoms with E-state index >= 15 is 0 Å². The highest BCUT2D eigenvalue weighted by atomic mass is 32.2. The molecule has 0 aliphatic carbocycles. The Morgan fingerprint density at radius 1 is 1.27 bits per heavy atom. The summed E-state index contributed by atoms with van der Waals surface area (Å²) in [5, 5.41) is 7.31. The molecule has 4 aromatic rings. The number of hydrogen-bond acceptors (Lipinski definition) is 6. The Kier molecular flexibility index (Phi) is 4.73. The van der Waals surface area contributed by atoms with Gasteiger partial charge >= 0.3 is 0 Å². The fraction of sp³-hybridized carbons (Fsp3) is 0.105. The molecule has 0 spiro atoms. The zero-order chi connectivity index (χ0) is 17.9. The first-order chi connectivity index (χ1) is 12.8. The first-order valence-corrected chi connectivity index (χ1v) is 9.85. The summed E-state index contributed by atoms with van der Waals surface area (Å²) in [7, 11) is 0. The molecule has 1 aromatic carbocycles. The Morgan fingerprint density at radius 3 is 2.92 bits per heavy atom. The molecular formula is C19H15N3O2S2. The maximum atomic E-state index is 12.6. The second-order valence-electron chi connectivity index (χ2n) is 5.57. The molecule has 0 fully saturated rings. The summed E-state index contributed by atoms with van der Waals surface area (Å²) < 4.78 is 7.08. The molecule has 0 N–H and O–H groups in total. The van der Waals surface area contributed by atoms with Crippen LogP contribution in [0.3, 0.4) is 0 Å². The first-order valence-electron chi connectivity index (χ1n) is 7.99. The van der Waals surface area contributed by atoms with Gasteiger partial charge in [-0.2, -0.15) is 0 Å². The molecule has 0 aliphatic heterocycles. The lowest BCUT2D eigenvalue weighted by molar-refractivity contribution is 0.397. The van der Waals surface area contributed by atoms with Gasteiger partial charge in [-0.15, -0.1) is 17.9 Å². The van der Waals surface area contributed by atoms with Crippen molar-refractivity contribution in [2.75, 3.05) is 0 Å². The third-order valence-corrected chi connectivity index (χ3v) is 5.64. The van der Waals surface area contributed by atoms with Crippen LogP contribution in [0.25, 0.3) is 21.5 Å². The van der Waals surface area contributed by atoms with Gasteiger partial charge in [-0.25, -0.2) is 4.98 Å². The van der Waals surface area contributed by atoms with E-state index in [0.717, 1.165) is 21.8 Å². The number of thioether (sulfide) groups is 1. The highest BCUT2D eigenvalue weighted by Crippen LogP contribution is 2.26. The first kappa shape index (κ1) is 16.8. The van der Waals surface area contributed by atoms with Crippen molar-refractivity contribution in [1.29, 1.82) is 0 Å². The van der Waals surface area contributed by atoms with E-state index < -0.39 is 0 Å². The van der Waals surface area contributed by atoms with E-state index in [1.165, 1.54) is 23.1 Å². The van der Waals surface area contributed by atoms with Gasteiger partial charge in [-0.3, -0.25) is 9.36 Å². The second kappa shape index (κ2) is 7.31. The van der Waals surface area contributed by atoms with Crippen molar-refractivity contribution in [2.45, 2.75) is 17.5 Å². The third-order valence-electron chi connectivity index (χ3n) is 3.83. The molecule has 0 bridgehead atoms. The molecule has 26 heavy (non-hydrogen) atoms. The minimum Gasteiger partial charge on any atom is -0.360 e. The van der Waals surface area contributed by atoms with Crippen LogP contribution in [0.4, 0.5) is 0 Å². The van der Waals surface area contributed by atoms with Gasteiger partial charge < -0.3 is 4.52 Å². The monoisotopic (exact) mass is 381 g/mol. The minimum absolute atomic E-state index is 0.0406. The number of fused-ring (bicyclic) bond motifs is 1. The van der Waals surface area contributed by atoms with Gasteiger partial charge in [0, 0.05) is 18.2 Å². The summed E-state index contributed by atoms with van der Waals surface area (Å²) in [6.07, 6.45) is 1.70. The summed E-state index contributed by atoms with van der Waals surface area (Å²) in [5.74, 6) is 1.28. The van der Waals surface area contributed by atoms with Gasteiger partial charge in [0.15, 0.2) is 5.16 Å². The van der Waals surface area contributed by atoms with Crippen LogP contribution in [0, 0.1) is 0 Å². The van der Waals surface area contributed by atoms with Crippen molar-refractivity contribution >= 4 is 33.3 Å². The molecule has 4 rings (SSSR count). The number of nitrogens with zero attached hydrogens (tertiary/aromatic N) is 3. The highest BCUT2D eigenvalue weighted by Gasteiger charge is 2.13. The predicted molar refractivity (Wildman–Crippen MR) is 106 cm³/mol. The molecule has 3 heterocycles. The number of aromatic nitrogens is 3. The van der Waals surface area contributed by atoms with Crippen molar-refractivity contribution in [1.82, 2.24) is 14.7 Å². The molecular weight excluding hydrogens is 366 g/mol. The van der Waals surface area contributed by atoms with Crippen molar-refractivity contribution in [3.8, 4) is 11.3 Å². The Hall–Kier alpha value is -2.64. The molecule has 0 saturated heterocycles. The molecule has 5 nitrogen and oxygen atoms in total. The summed E-state index contributed by atoms with van der Waals surface area (Å²) >= 11 is 2.92. The SMILES string of the molecule is C=CCn1c(SCc2cc(-c3ccccc3)no2)nc2sccc2c1=O. The highest BCUT2D eigenvalue weighted by molar-refractivity contribution is 7.98. The smallest absolute Gasteiger partial charge is 0.263 e. The lowest BCUT2D eigenvalue weighted by Gasteiger charge is -2.08. The molecule has 0 radical (unpaired) electrons. The lowest BCUT2D eigenvalue weighted by atomic mass is 10.1. The molecule has 0 aliphatic rings. The van der Waals surface area contributed by atoms with Gasteiger partial charge in [-0.1, -0.05) is 53.3 Å². The molecule has 0 amide bonds. The quantitative estimate of drug-likeness (QED) is 0.278. The average Bonchev–Trinajstić information content (AvgIpc) is 3.33. The van der Waals surface area contributed by atoms with E-state index in [4.69, 9.17) is 4.52 Å². The lowest BCUT2D eigenvalue weighted by Crippen LogP contribution is -2.22. The van der Waals surface area contributed by atoms with Gasteiger partial charge in [-0.05, 0) is 11.4 Å². The third kappa shape index (κ3) is 3.23. The summed E-state index contributed by atoms with van der Waals surface area (Å²) in [6.45, 7) is 4.16. The molecule has 0 atom stereocenters. The summed E-state index contributed by atoms with van der Waals surface area (Å²) in [4.78, 5) is 18.0. The Balaban J connectivity index is 1.60. The molecule has 130 valence electrons. The summed E-state index contributed by atoms with van der Waals surface area (Å²) in [5.41, 5.74) is 1.77. The van der Waals surface area contributed by atoms with Crippen molar-refractivity contribution in [3.63, 3.8) is 0 Å². The van der Waals surface area contributed by atoms with Gasteiger partial charge in [0.05, 0.1) is 11.1 Å². The van der Waals surface area contributed by atoms with Crippen LogP contribution < -0.4 is 5.56 Å². The maximum absolute atomic E-state index is 12.6. The average molecular weight is 381 g/mol. The van der Waals surface area contributed by atoms with E-state index in [0.29, 0.717) is 22.8 Å². The fourth-order valence-corrected chi connectivity index (χ4v) is 4.28. The van der Waals surface area contributed by atoms with Crippen LogP contribution in [0.15, 0.2) is 75.0 Å². The molecule has 0 saturated carbocycles. The minimum atomic E-state index is -0.0406. The van der Waals surface area contributed by atoms with Crippen LogP contribution in [-0.2, 0) is 12.3 Å². The Morgan fingerprint density at radius 2 is 2.12 bits per heavy atom. The van der Waals surface area contributed by atoms with Gasteiger partial charge in [0.1, 0.15) is 16.3 Å². The zero-order valence-electron chi connectivity index (χ0n) is 13.8. The number of rotatable bonds is 6. The van der Waals surface area contributed by atoms with Crippen molar-refractivity contribution < 1.29 is 4.52 Å². The van der Waals surface area contributed by atoms with Gasteiger partial charge in [0.2, 0.25) is 0 Å². The Bertz CT molecular complexity index is 1110. The largest absolute Gasteiger partial charge is 0.360 e. The fourth-order valence-electron chi connectivity index (χ4n) is 2.59. The van der Waals surface area contributed by atoms with E-state index in [9.17, 15) is 4.79 Å². The number of hydrogen-bond donors (Lipinski definition) is 0. The molecule has 7 heteroatoms. The predicted octanol–water partition coefficient (Wildman–Crippen LogP) is 4.59. The molecule has 3 aromatic heterocycles.